The summed E-state index contributed by atoms with van der Waals surface area (Å²) >= 11 is 0. The van der Waals surface area contributed by atoms with Crippen LogP contribution in [-0.2, 0) is 0 Å². The molecule has 0 aliphatic rings. The van der Waals surface area contributed by atoms with Crippen molar-refractivity contribution in [1.82, 2.24) is 0 Å². The summed E-state index contributed by atoms with van der Waals surface area (Å²) in [6, 6.07) is 9.85. The van der Waals surface area contributed by atoms with Gasteiger partial charge >= 0.3 is 5.69 Å². The van der Waals surface area contributed by atoms with Gasteiger partial charge in [0.2, 0.25) is 0 Å². The van der Waals surface area contributed by atoms with Gasteiger partial charge < -0.3 is 9.52 Å². The summed E-state index contributed by atoms with van der Waals surface area (Å²) < 4.78 is 5.49. The summed E-state index contributed by atoms with van der Waals surface area (Å²) in [6.45, 7) is 0. The fraction of sp³-hybridized carbons (Fsp3) is 0. The van der Waals surface area contributed by atoms with Crippen LogP contribution in [0.5, 0.6) is 5.75 Å². The molecule has 1 aromatic heterocycles. The molecule has 17 heavy (non-hydrogen) atoms. The van der Waals surface area contributed by atoms with Gasteiger partial charge in [0, 0.05) is 22.9 Å². The van der Waals surface area contributed by atoms with Crippen molar-refractivity contribution >= 4 is 27.6 Å². The maximum absolute atomic E-state index is 10.7. The molecule has 0 fully saturated rings. The Morgan fingerprint density at radius 3 is 2.65 bits per heavy atom. The molecule has 0 bridgehead atoms. The van der Waals surface area contributed by atoms with E-state index >= 15 is 0 Å². The van der Waals surface area contributed by atoms with Gasteiger partial charge in [-0.25, -0.2) is 0 Å². The SMILES string of the molecule is O=[N+]([O-])c1cc2c(cc1O)oc1ccccc12. The highest BCUT2D eigenvalue weighted by atomic mass is 16.6. The molecule has 5 heteroatoms. The first-order valence-electron chi connectivity index (χ1n) is 4.95. The number of benzene rings is 2. The highest BCUT2D eigenvalue weighted by molar-refractivity contribution is 6.06. The standard InChI is InChI=1S/C12H7NO4/c14-10-6-12-8(5-9(10)13(15)16)7-3-1-2-4-11(7)17-12/h1-6,14H. The van der Waals surface area contributed by atoms with E-state index in [2.05, 4.69) is 0 Å². The smallest absolute Gasteiger partial charge is 0.311 e. The van der Waals surface area contributed by atoms with Crippen LogP contribution in [0, 0.1) is 10.1 Å². The zero-order valence-corrected chi connectivity index (χ0v) is 8.58. The molecule has 0 aliphatic carbocycles. The molecule has 5 nitrogen and oxygen atoms in total. The van der Waals surface area contributed by atoms with Crippen LogP contribution >= 0.6 is 0 Å². The van der Waals surface area contributed by atoms with Gasteiger partial charge in [-0.05, 0) is 6.07 Å². The lowest BCUT2D eigenvalue weighted by molar-refractivity contribution is -0.385. The van der Waals surface area contributed by atoms with Gasteiger partial charge in [0.15, 0.2) is 5.75 Å². The zero-order chi connectivity index (χ0) is 12.0. The van der Waals surface area contributed by atoms with Crippen LogP contribution < -0.4 is 0 Å². The third-order valence-electron chi connectivity index (χ3n) is 2.67. The second-order valence-corrected chi connectivity index (χ2v) is 3.69. The lowest BCUT2D eigenvalue weighted by Gasteiger charge is -1.95. The van der Waals surface area contributed by atoms with Crippen LogP contribution in [-0.4, -0.2) is 10.0 Å². The first kappa shape index (κ1) is 9.65. The summed E-state index contributed by atoms with van der Waals surface area (Å²) in [5, 5.41) is 21.7. The quantitative estimate of drug-likeness (QED) is 0.513. The second-order valence-electron chi connectivity index (χ2n) is 3.69. The van der Waals surface area contributed by atoms with E-state index in [1.165, 1.54) is 12.1 Å². The number of rotatable bonds is 1. The summed E-state index contributed by atoms with van der Waals surface area (Å²) in [7, 11) is 0. The van der Waals surface area contributed by atoms with Gasteiger partial charge in [0.1, 0.15) is 11.2 Å². The molecular formula is C12H7NO4. The van der Waals surface area contributed by atoms with E-state index < -0.39 is 4.92 Å². The first-order valence-corrected chi connectivity index (χ1v) is 4.95. The number of aromatic hydroxyl groups is 1. The second kappa shape index (κ2) is 3.21. The maximum Gasteiger partial charge on any atom is 0.311 e. The van der Waals surface area contributed by atoms with Crippen LogP contribution in [0.2, 0.25) is 0 Å². The van der Waals surface area contributed by atoms with Crippen molar-refractivity contribution in [1.29, 1.82) is 0 Å². The number of nitro groups is 1. The molecule has 1 N–H and O–H groups in total. The monoisotopic (exact) mass is 229 g/mol. The van der Waals surface area contributed by atoms with E-state index in [1.807, 2.05) is 18.2 Å². The van der Waals surface area contributed by atoms with Gasteiger partial charge in [-0.15, -0.1) is 0 Å². The van der Waals surface area contributed by atoms with Gasteiger partial charge in [-0.2, -0.15) is 0 Å². The number of hydrogen-bond donors (Lipinski definition) is 1. The number of phenols is 1. The predicted octanol–water partition coefficient (Wildman–Crippen LogP) is 3.20. The Labute approximate surface area is 95.0 Å². The summed E-state index contributed by atoms with van der Waals surface area (Å²) in [4.78, 5) is 10.1. The summed E-state index contributed by atoms with van der Waals surface area (Å²) in [5.74, 6) is -0.387. The fourth-order valence-electron chi connectivity index (χ4n) is 1.90. The van der Waals surface area contributed by atoms with Gasteiger partial charge in [0.05, 0.1) is 4.92 Å². The number of fused-ring (bicyclic) bond motifs is 3. The number of nitro benzene ring substituents is 1. The average molecular weight is 229 g/mol. The molecule has 0 amide bonds. The van der Waals surface area contributed by atoms with Crippen LogP contribution in [0.15, 0.2) is 40.8 Å². The Morgan fingerprint density at radius 1 is 1.12 bits per heavy atom. The van der Waals surface area contributed by atoms with Gasteiger partial charge in [-0.1, -0.05) is 18.2 Å². The van der Waals surface area contributed by atoms with E-state index in [1.54, 1.807) is 6.07 Å². The van der Waals surface area contributed by atoms with Crippen molar-refractivity contribution in [2.24, 2.45) is 0 Å². The Kier molecular flexibility index (Phi) is 1.82. The van der Waals surface area contributed by atoms with Crippen molar-refractivity contribution in [3.63, 3.8) is 0 Å². The van der Waals surface area contributed by atoms with Gasteiger partial charge in [0.25, 0.3) is 0 Å². The molecular weight excluding hydrogens is 222 g/mol. The Bertz CT molecular complexity index is 745. The largest absolute Gasteiger partial charge is 0.502 e. The molecule has 0 saturated heterocycles. The topological polar surface area (TPSA) is 76.5 Å². The van der Waals surface area contributed by atoms with Crippen LogP contribution in [0.4, 0.5) is 5.69 Å². The lowest BCUT2D eigenvalue weighted by Crippen LogP contribution is -1.87. The van der Waals surface area contributed by atoms with E-state index in [0.29, 0.717) is 16.6 Å². The van der Waals surface area contributed by atoms with Crippen LogP contribution in [0.3, 0.4) is 0 Å². The van der Waals surface area contributed by atoms with Crippen molar-refractivity contribution < 1.29 is 14.4 Å². The number of hydrogen-bond acceptors (Lipinski definition) is 4. The third kappa shape index (κ3) is 1.32. The predicted molar refractivity (Wildman–Crippen MR) is 62.0 cm³/mol. The third-order valence-corrected chi connectivity index (χ3v) is 2.67. The Hall–Kier alpha value is -2.56. The van der Waals surface area contributed by atoms with Crippen molar-refractivity contribution in [2.75, 3.05) is 0 Å². The first-order chi connectivity index (χ1) is 8.16. The maximum atomic E-state index is 10.7. The van der Waals surface area contributed by atoms with Crippen molar-refractivity contribution in [3.05, 3.63) is 46.5 Å². The van der Waals surface area contributed by atoms with Crippen LogP contribution in [0.25, 0.3) is 21.9 Å². The Balaban J connectivity index is 2.47. The fourth-order valence-corrected chi connectivity index (χ4v) is 1.90. The van der Waals surface area contributed by atoms with Crippen molar-refractivity contribution in [3.8, 4) is 5.75 Å². The number of phenolic OH excluding ortho intramolecular Hbond substituents is 1. The van der Waals surface area contributed by atoms with E-state index in [0.717, 1.165) is 5.39 Å². The molecule has 0 saturated carbocycles. The lowest BCUT2D eigenvalue weighted by atomic mass is 10.1. The highest BCUT2D eigenvalue weighted by Crippen LogP contribution is 2.36. The minimum absolute atomic E-state index is 0.316. The van der Waals surface area contributed by atoms with Crippen LogP contribution in [0.1, 0.15) is 0 Å². The average Bonchev–Trinajstić information content (AvgIpc) is 2.64. The summed E-state index contributed by atoms with van der Waals surface area (Å²) in [6.07, 6.45) is 0. The van der Waals surface area contributed by atoms with E-state index in [4.69, 9.17) is 4.42 Å². The molecule has 3 rings (SSSR count). The number of nitrogens with zero attached hydrogens (tertiary/aromatic N) is 1. The zero-order valence-electron chi connectivity index (χ0n) is 8.58. The molecule has 2 aromatic carbocycles. The van der Waals surface area contributed by atoms with E-state index in [-0.39, 0.29) is 11.4 Å². The molecule has 3 aromatic rings. The molecule has 0 radical (unpaired) electrons. The molecule has 0 aliphatic heterocycles. The normalized spacial score (nSPS) is 11.1. The molecule has 0 unspecified atom stereocenters. The number of furan rings is 1. The molecule has 1 heterocycles. The minimum Gasteiger partial charge on any atom is -0.502 e. The van der Waals surface area contributed by atoms with Crippen molar-refractivity contribution in [2.45, 2.75) is 0 Å². The highest BCUT2D eigenvalue weighted by Gasteiger charge is 2.17. The van der Waals surface area contributed by atoms with Gasteiger partial charge in [-0.3, -0.25) is 10.1 Å². The minimum atomic E-state index is -0.615. The number of para-hydroxylation sites is 1. The molecule has 84 valence electrons. The molecule has 0 spiro atoms. The summed E-state index contributed by atoms with van der Waals surface area (Å²) in [5.41, 5.74) is 0.765. The van der Waals surface area contributed by atoms with E-state index in [9.17, 15) is 15.2 Å². The molecule has 0 atom stereocenters. The Morgan fingerprint density at radius 2 is 1.88 bits per heavy atom.